The quantitative estimate of drug-likeness (QED) is 0.578. The molecule has 6 nitrogen and oxygen atoms in total. The third-order valence-corrected chi connectivity index (χ3v) is 3.85. The van der Waals surface area contributed by atoms with Gasteiger partial charge in [-0.05, 0) is 26.2 Å². The van der Waals surface area contributed by atoms with Gasteiger partial charge in [-0.15, -0.1) is 0 Å². The van der Waals surface area contributed by atoms with Gasteiger partial charge in [0.1, 0.15) is 5.78 Å². The van der Waals surface area contributed by atoms with Crippen LogP contribution in [0, 0.1) is 0 Å². The lowest BCUT2D eigenvalue weighted by molar-refractivity contribution is -0.134. The molecule has 0 aliphatic carbocycles. The van der Waals surface area contributed by atoms with E-state index in [1.807, 2.05) is 0 Å². The van der Waals surface area contributed by atoms with Crippen LogP contribution in [0.15, 0.2) is 0 Å². The number of piperidine rings is 1. The molecule has 1 amide bonds. The number of nitrogens with two attached hydrogens (primary N) is 1. The predicted octanol–water partition coefficient (Wildman–Crippen LogP) is -0.150. The topological polar surface area (TPSA) is 104 Å². The molecule has 1 unspecified atom stereocenters. The van der Waals surface area contributed by atoms with Crippen LogP contribution in [0.4, 0.5) is 0 Å². The van der Waals surface area contributed by atoms with E-state index in [4.69, 9.17) is 15.5 Å². The first kappa shape index (κ1) is 12.6. The van der Waals surface area contributed by atoms with Gasteiger partial charge in [-0.2, -0.15) is 0 Å². The highest BCUT2D eigenvalue weighted by Gasteiger charge is 2.39. The maximum absolute atomic E-state index is 11.6. The van der Waals surface area contributed by atoms with Crippen molar-refractivity contribution in [1.29, 1.82) is 0 Å². The Morgan fingerprint density at radius 2 is 2.13 bits per heavy atom. The van der Waals surface area contributed by atoms with Gasteiger partial charge in [0.05, 0.1) is 6.04 Å². The molecule has 88 valence electrons. The minimum absolute atomic E-state index is 0.350. The zero-order valence-corrected chi connectivity index (χ0v) is 9.56. The van der Waals surface area contributed by atoms with Crippen molar-refractivity contribution in [3.63, 3.8) is 0 Å². The number of hydrogen-bond acceptors (Lipinski definition) is 3. The summed E-state index contributed by atoms with van der Waals surface area (Å²) < 4.78 is 11.2. The molecule has 7 heteroatoms. The Hall–Kier alpha value is -0.420. The normalized spacial score (nSPS) is 25.1. The number of carbonyl (C=O) groups is 1. The van der Waals surface area contributed by atoms with E-state index in [0.717, 1.165) is 12.8 Å². The van der Waals surface area contributed by atoms with Crippen LogP contribution in [0.3, 0.4) is 0 Å². The molecule has 1 saturated heterocycles. The van der Waals surface area contributed by atoms with Crippen molar-refractivity contribution in [2.75, 3.05) is 6.54 Å². The van der Waals surface area contributed by atoms with Crippen molar-refractivity contribution in [3.05, 3.63) is 0 Å². The molecule has 1 aliphatic heterocycles. The molecule has 2 atom stereocenters. The Balaban J connectivity index is 2.84. The van der Waals surface area contributed by atoms with Crippen LogP contribution >= 0.6 is 7.60 Å². The Bertz CT molecular complexity index is 288. The lowest BCUT2D eigenvalue weighted by Gasteiger charge is -2.36. The van der Waals surface area contributed by atoms with E-state index in [1.54, 1.807) is 0 Å². The molecule has 0 saturated carbocycles. The number of rotatable bonds is 2. The SMILES string of the molecule is C[C@H](N)C(=O)N1CCCCC1P(=O)(O)O. The average Bonchev–Trinajstić information content (AvgIpc) is 2.15. The van der Waals surface area contributed by atoms with Crippen LogP contribution in [0.5, 0.6) is 0 Å². The van der Waals surface area contributed by atoms with Crippen molar-refractivity contribution in [2.24, 2.45) is 5.73 Å². The molecular formula is C8H17N2O4P. The first-order valence-corrected chi connectivity index (χ1v) is 6.63. The largest absolute Gasteiger partial charge is 0.347 e. The fourth-order valence-electron chi connectivity index (χ4n) is 1.78. The van der Waals surface area contributed by atoms with Crippen molar-refractivity contribution >= 4 is 13.5 Å². The summed E-state index contributed by atoms with van der Waals surface area (Å²) in [7, 11) is -4.24. The van der Waals surface area contributed by atoms with Crippen LogP contribution in [0.1, 0.15) is 26.2 Å². The van der Waals surface area contributed by atoms with Crippen LogP contribution in [0.2, 0.25) is 0 Å². The fourth-order valence-corrected chi connectivity index (χ4v) is 2.89. The van der Waals surface area contributed by atoms with Crippen LogP contribution in [0.25, 0.3) is 0 Å². The minimum Gasteiger partial charge on any atom is -0.327 e. The predicted molar refractivity (Wildman–Crippen MR) is 55.0 cm³/mol. The summed E-state index contributed by atoms with van der Waals surface area (Å²) in [5, 5.41) is 0. The summed E-state index contributed by atoms with van der Waals surface area (Å²) in [6.07, 6.45) is 1.86. The lowest BCUT2D eigenvalue weighted by Crippen LogP contribution is -2.49. The van der Waals surface area contributed by atoms with Crippen LogP contribution < -0.4 is 5.73 Å². The van der Waals surface area contributed by atoms with Crippen LogP contribution in [-0.2, 0) is 9.36 Å². The number of likely N-dealkylation sites (tertiary alicyclic amines) is 1. The average molecular weight is 236 g/mol. The lowest BCUT2D eigenvalue weighted by atomic mass is 10.1. The van der Waals surface area contributed by atoms with Gasteiger partial charge in [0.25, 0.3) is 0 Å². The van der Waals surface area contributed by atoms with E-state index < -0.39 is 19.4 Å². The highest BCUT2D eigenvalue weighted by atomic mass is 31.2. The van der Waals surface area contributed by atoms with E-state index in [2.05, 4.69) is 0 Å². The zero-order valence-electron chi connectivity index (χ0n) is 8.67. The number of hydrogen-bond donors (Lipinski definition) is 3. The molecule has 0 aromatic rings. The van der Waals surface area contributed by atoms with E-state index >= 15 is 0 Å². The molecule has 15 heavy (non-hydrogen) atoms. The van der Waals surface area contributed by atoms with E-state index in [9.17, 15) is 9.36 Å². The molecule has 4 N–H and O–H groups in total. The summed E-state index contributed by atoms with van der Waals surface area (Å²) >= 11 is 0. The van der Waals surface area contributed by atoms with Gasteiger partial charge in [-0.3, -0.25) is 9.36 Å². The second kappa shape index (κ2) is 4.61. The fraction of sp³-hybridized carbons (Fsp3) is 0.875. The van der Waals surface area contributed by atoms with Gasteiger partial charge in [-0.1, -0.05) is 0 Å². The van der Waals surface area contributed by atoms with E-state index in [-0.39, 0.29) is 5.91 Å². The minimum atomic E-state index is -4.24. The standard InChI is InChI=1S/C8H17N2O4P/c1-6(9)8(11)10-5-3-2-4-7(10)15(12,13)14/h6-7H,2-5,9H2,1H3,(H2,12,13,14)/t6-,7?/m0/s1. The van der Waals surface area contributed by atoms with Crippen molar-refractivity contribution < 1.29 is 19.1 Å². The monoisotopic (exact) mass is 236 g/mol. The van der Waals surface area contributed by atoms with Gasteiger partial charge in [-0.25, -0.2) is 0 Å². The molecule has 0 spiro atoms. The second-order valence-electron chi connectivity index (χ2n) is 3.89. The summed E-state index contributed by atoms with van der Waals surface area (Å²) in [5.41, 5.74) is 5.43. The zero-order chi connectivity index (χ0) is 11.6. The van der Waals surface area contributed by atoms with E-state index in [1.165, 1.54) is 11.8 Å². The van der Waals surface area contributed by atoms with Crippen molar-refractivity contribution in [3.8, 4) is 0 Å². The maximum Gasteiger partial charge on any atom is 0.347 e. The Labute approximate surface area is 88.6 Å². The smallest absolute Gasteiger partial charge is 0.327 e. The third-order valence-electron chi connectivity index (χ3n) is 2.53. The maximum atomic E-state index is 11.6. The highest BCUT2D eigenvalue weighted by Crippen LogP contribution is 2.47. The summed E-state index contributed by atoms with van der Waals surface area (Å²) in [6.45, 7) is 1.91. The van der Waals surface area contributed by atoms with Crippen molar-refractivity contribution in [2.45, 2.75) is 38.0 Å². The molecular weight excluding hydrogens is 219 g/mol. The molecule has 1 rings (SSSR count). The molecule has 0 bridgehead atoms. The Kier molecular flexibility index (Phi) is 3.89. The van der Waals surface area contributed by atoms with Gasteiger partial charge >= 0.3 is 7.60 Å². The Morgan fingerprint density at radius 3 is 2.60 bits per heavy atom. The summed E-state index contributed by atoms with van der Waals surface area (Å²) in [5.74, 6) is -1.37. The third kappa shape index (κ3) is 3.01. The van der Waals surface area contributed by atoms with Gasteiger partial charge in [0.15, 0.2) is 0 Å². The summed E-state index contributed by atoms with van der Waals surface area (Å²) in [4.78, 5) is 31.1. The summed E-state index contributed by atoms with van der Waals surface area (Å²) in [6, 6.07) is -0.711. The van der Waals surface area contributed by atoms with Crippen LogP contribution in [-0.4, -0.2) is 39.0 Å². The number of nitrogens with zero attached hydrogens (tertiary/aromatic N) is 1. The second-order valence-corrected chi connectivity index (χ2v) is 5.66. The van der Waals surface area contributed by atoms with Crippen molar-refractivity contribution in [1.82, 2.24) is 4.90 Å². The molecule has 0 radical (unpaired) electrons. The highest BCUT2D eigenvalue weighted by molar-refractivity contribution is 7.52. The van der Waals surface area contributed by atoms with Gasteiger partial charge in [0.2, 0.25) is 5.91 Å². The molecule has 0 aromatic heterocycles. The molecule has 0 aromatic carbocycles. The number of amides is 1. The molecule has 1 aliphatic rings. The first-order valence-electron chi connectivity index (χ1n) is 4.95. The van der Waals surface area contributed by atoms with Gasteiger partial charge < -0.3 is 20.4 Å². The molecule has 1 fully saturated rings. The number of carbonyl (C=O) groups excluding carboxylic acids is 1. The molecule has 1 heterocycles. The first-order chi connectivity index (χ1) is 6.84. The Morgan fingerprint density at radius 1 is 1.53 bits per heavy atom. The van der Waals surface area contributed by atoms with Gasteiger partial charge in [0, 0.05) is 6.54 Å². The van der Waals surface area contributed by atoms with E-state index in [0.29, 0.717) is 13.0 Å².